The molecule has 0 radical (unpaired) electrons. The third-order valence-electron chi connectivity index (χ3n) is 3.11. The number of hydrogen-bond donors (Lipinski definition) is 1. The zero-order valence-electron chi connectivity index (χ0n) is 9.04. The molecule has 3 fully saturated rings. The van der Waals surface area contributed by atoms with Crippen molar-refractivity contribution in [3.8, 4) is 0 Å². The molecule has 0 saturated heterocycles. The van der Waals surface area contributed by atoms with Crippen LogP contribution in [0.3, 0.4) is 0 Å². The molecule has 3 saturated carbocycles. The van der Waals surface area contributed by atoms with Crippen LogP contribution in [0.25, 0.3) is 0 Å². The molecule has 2 bridgehead atoms. The van der Waals surface area contributed by atoms with Gasteiger partial charge in [0.05, 0.1) is 5.54 Å². The van der Waals surface area contributed by atoms with E-state index < -0.39 is 11.7 Å². The molecule has 3 rings (SSSR count). The van der Waals surface area contributed by atoms with Gasteiger partial charge in [-0.25, -0.2) is 15.6 Å². The van der Waals surface area contributed by atoms with Gasteiger partial charge in [-0.05, 0) is 46.0 Å². The largest absolute Gasteiger partial charge is 0.443 e. The fraction of sp³-hybridized carbons (Fsp3) is 0.900. The molecule has 14 heavy (non-hydrogen) atoms. The van der Waals surface area contributed by atoms with Gasteiger partial charge in [0.2, 0.25) is 0 Å². The topological polar surface area (TPSA) is 55.6 Å². The monoisotopic (exact) mass is 198 g/mol. The van der Waals surface area contributed by atoms with Gasteiger partial charge in [0.15, 0.2) is 0 Å². The van der Waals surface area contributed by atoms with E-state index in [1.807, 2.05) is 20.8 Å². The summed E-state index contributed by atoms with van der Waals surface area (Å²) >= 11 is 0. The van der Waals surface area contributed by atoms with Crippen molar-refractivity contribution in [2.75, 3.05) is 0 Å². The average Bonchev–Trinajstić information content (AvgIpc) is 1.75. The molecule has 3 aliphatic rings. The molecule has 0 atom stereocenters. The number of hydrogen-bond acceptors (Lipinski definition) is 3. The van der Waals surface area contributed by atoms with Crippen LogP contribution in [0.5, 0.6) is 0 Å². The Bertz CT molecular complexity index is 253. The first-order valence-corrected chi connectivity index (χ1v) is 5.10. The Hall–Kier alpha value is -0.770. The summed E-state index contributed by atoms with van der Waals surface area (Å²) in [7, 11) is 0. The summed E-state index contributed by atoms with van der Waals surface area (Å²) in [4.78, 5) is 11.6. The summed E-state index contributed by atoms with van der Waals surface area (Å²) in [6, 6.07) is 0. The van der Waals surface area contributed by atoms with Gasteiger partial charge in [0.25, 0.3) is 0 Å². The second-order valence-corrected chi connectivity index (χ2v) is 5.55. The summed E-state index contributed by atoms with van der Waals surface area (Å²) in [5, 5.41) is 1.30. The summed E-state index contributed by atoms with van der Waals surface area (Å²) in [6.45, 7) is 5.54. The maximum atomic E-state index is 11.6. The van der Waals surface area contributed by atoms with Crippen molar-refractivity contribution in [1.29, 1.82) is 0 Å². The summed E-state index contributed by atoms with van der Waals surface area (Å²) in [5.74, 6) is 6.57. The Morgan fingerprint density at radius 2 is 1.93 bits per heavy atom. The third kappa shape index (κ3) is 1.38. The van der Waals surface area contributed by atoms with Crippen molar-refractivity contribution < 1.29 is 9.53 Å². The molecular weight excluding hydrogens is 180 g/mol. The van der Waals surface area contributed by atoms with Gasteiger partial charge in [-0.2, -0.15) is 0 Å². The second kappa shape index (κ2) is 2.63. The van der Waals surface area contributed by atoms with Crippen LogP contribution in [-0.4, -0.2) is 22.2 Å². The normalized spacial score (nSPS) is 34.1. The van der Waals surface area contributed by atoms with Gasteiger partial charge < -0.3 is 4.74 Å². The molecule has 4 heteroatoms. The van der Waals surface area contributed by atoms with E-state index in [0.29, 0.717) is 0 Å². The highest BCUT2D eigenvalue weighted by molar-refractivity contribution is 5.69. The minimum Gasteiger partial charge on any atom is -0.443 e. The molecular formula is C10H18N2O2. The predicted molar refractivity (Wildman–Crippen MR) is 52.3 cm³/mol. The number of carbonyl (C=O) groups excluding carboxylic acids is 1. The fourth-order valence-corrected chi connectivity index (χ4v) is 2.23. The van der Waals surface area contributed by atoms with E-state index in [0.717, 1.165) is 25.2 Å². The summed E-state index contributed by atoms with van der Waals surface area (Å²) < 4.78 is 5.21. The highest BCUT2D eigenvalue weighted by Crippen LogP contribution is 2.59. The number of rotatable bonds is 1. The molecule has 3 aliphatic carbocycles. The first-order chi connectivity index (χ1) is 6.32. The van der Waals surface area contributed by atoms with Crippen LogP contribution in [-0.2, 0) is 4.74 Å². The van der Waals surface area contributed by atoms with Gasteiger partial charge in [0, 0.05) is 0 Å². The van der Waals surface area contributed by atoms with Crippen LogP contribution in [0.2, 0.25) is 0 Å². The standard InChI is InChI=1S/C10H18N2O2/c1-9(2,3)14-8(13)12(11)10-4-7(5-10)6-10/h7H,4-6,11H2,1-3H3. The average molecular weight is 198 g/mol. The van der Waals surface area contributed by atoms with Crippen LogP contribution in [0, 0.1) is 5.92 Å². The van der Waals surface area contributed by atoms with Gasteiger partial charge >= 0.3 is 6.09 Å². The van der Waals surface area contributed by atoms with E-state index >= 15 is 0 Å². The van der Waals surface area contributed by atoms with E-state index in [9.17, 15) is 4.79 Å². The van der Waals surface area contributed by atoms with E-state index in [2.05, 4.69) is 0 Å². The molecule has 0 unspecified atom stereocenters. The van der Waals surface area contributed by atoms with Gasteiger partial charge in [-0.15, -0.1) is 0 Å². The number of carbonyl (C=O) groups is 1. The highest BCUT2D eigenvalue weighted by atomic mass is 16.6. The lowest BCUT2D eigenvalue weighted by molar-refractivity contribution is -0.139. The quantitative estimate of drug-likeness (QED) is 0.396. The number of nitrogens with zero attached hydrogens (tertiary/aromatic N) is 1. The number of hydrazine groups is 1. The van der Waals surface area contributed by atoms with Crippen LogP contribution in [0.1, 0.15) is 40.0 Å². The van der Waals surface area contributed by atoms with E-state index in [-0.39, 0.29) is 5.54 Å². The van der Waals surface area contributed by atoms with Crippen molar-refractivity contribution in [3.05, 3.63) is 0 Å². The van der Waals surface area contributed by atoms with Crippen LogP contribution < -0.4 is 5.84 Å². The summed E-state index contributed by atoms with van der Waals surface area (Å²) in [5.41, 5.74) is -0.509. The Kier molecular flexibility index (Phi) is 1.83. The van der Waals surface area contributed by atoms with Gasteiger partial charge in [-0.1, -0.05) is 0 Å². The molecule has 4 nitrogen and oxygen atoms in total. The predicted octanol–water partition coefficient (Wildman–Crippen LogP) is 1.65. The lowest BCUT2D eigenvalue weighted by Crippen LogP contribution is -2.71. The lowest BCUT2D eigenvalue weighted by atomic mass is 9.49. The molecule has 0 aromatic heterocycles. The van der Waals surface area contributed by atoms with E-state index in [1.165, 1.54) is 5.01 Å². The third-order valence-corrected chi connectivity index (χ3v) is 3.11. The molecule has 0 aromatic rings. The van der Waals surface area contributed by atoms with E-state index in [1.54, 1.807) is 0 Å². The van der Waals surface area contributed by atoms with E-state index in [4.69, 9.17) is 10.6 Å². The van der Waals surface area contributed by atoms with Crippen LogP contribution in [0.15, 0.2) is 0 Å². The molecule has 1 amide bonds. The fourth-order valence-electron chi connectivity index (χ4n) is 2.23. The number of amides is 1. The second-order valence-electron chi connectivity index (χ2n) is 5.55. The maximum absolute atomic E-state index is 11.6. The number of nitrogens with two attached hydrogens (primary N) is 1. The summed E-state index contributed by atoms with van der Waals surface area (Å²) in [6.07, 6.45) is 2.78. The molecule has 0 heterocycles. The minimum absolute atomic E-state index is 0.0486. The van der Waals surface area contributed by atoms with Gasteiger partial charge in [0.1, 0.15) is 5.60 Å². The SMILES string of the molecule is CC(C)(C)OC(=O)N(N)C12CC(C1)C2. The Morgan fingerprint density at radius 1 is 1.43 bits per heavy atom. The molecule has 0 aliphatic heterocycles. The molecule has 2 N–H and O–H groups in total. The van der Waals surface area contributed by atoms with Crippen molar-refractivity contribution in [2.45, 2.75) is 51.2 Å². The zero-order chi connectivity index (χ0) is 10.6. The van der Waals surface area contributed by atoms with Crippen molar-refractivity contribution in [3.63, 3.8) is 0 Å². The molecule has 0 spiro atoms. The van der Waals surface area contributed by atoms with Crippen LogP contribution >= 0.6 is 0 Å². The van der Waals surface area contributed by atoms with Crippen molar-refractivity contribution in [2.24, 2.45) is 11.8 Å². The Morgan fingerprint density at radius 3 is 2.21 bits per heavy atom. The Balaban J connectivity index is 1.91. The Labute approximate surface area is 84.4 Å². The molecule has 80 valence electrons. The van der Waals surface area contributed by atoms with Gasteiger partial charge in [-0.3, -0.25) is 0 Å². The van der Waals surface area contributed by atoms with Crippen LogP contribution in [0.4, 0.5) is 4.79 Å². The number of ether oxygens (including phenoxy) is 1. The lowest BCUT2D eigenvalue weighted by Gasteiger charge is -2.64. The zero-order valence-corrected chi connectivity index (χ0v) is 9.04. The van der Waals surface area contributed by atoms with Crippen molar-refractivity contribution >= 4 is 6.09 Å². The van der Waals surface area contributed by atoms with Crippen molar-refractivity contribution in [1.82, 2.24) is 5.01 Å². The maximum Gasteiger partial charge on any atom is 0.425 e. The smallest absolute Gasteiger partial charge is 0.425 e. The first-order valence-electron chi connectivity index (χ1n) is 5.10. The highest BCUT2D eigenvalue weighted by Gasteiger charge is 2.61. The minimum atomic E-state index is -0.460. The molecule has 0 aromatic carbocycles. The first kappa shape index (κ1) is 9.77.